The summed E-state index contributed by atoms with van der Waals surface area (Å²) >= 11 is 0. The fourth-order valence-corrected chi connectivity index (χ4v) is 4.61. The van der Waals surface area contributed by atoms with Crippen molar-refractivity contribution in [3.05, 3.63) is 72.4 Å². The summed E-state index contributed by atoms with van der Waals surface area (Å²) < 4.78 is 6.01. The molecule has 1 saturated heterocycles. The highest BCUT2D eigenvalue weighted by Gasteiger charge is 2.33. The first kappa shape index (κ1) is 19.9. The molecule has 0 atom stereocenters. The van der Waals surface area contributed by atoms with Crippen LogP contribution in [0.4, 0.5) is 0 Å². The topological polar surface area (TPSA) is 68.7 Å². The van der Waals surface area contributed by atoms with Gasteiger partial charge < -0.3 is 24.8 Å². The number of phenols is 1. The molecule has 0 unspecified atom stereocenters. The van der Waals surface area contributed by atoms with Crippen LogP contribution in [-0.4, -0.2) is 46.3 Å². The normalized spacial score (nSPS) is 16.7. The number of rotatable bonds is 6. The second-order valence-corrected chi connectivity index (χ2v) is 8.52. The summed E-state index contributed by atoms with van der Waals surface area (Å²) in [7, 11) is 0. The summed E-state index contributed by atoms with van der Waals surface area (Å²) in [6.07, 6.45) is 4.34. The maximum Gasteiger partial charge on any atom is 0.128 e. The zero-order chi connectivity index (χ0) is 21.3. The first-order valence-electron chi connectivity index (χ1n) is 11.0. The van der Waals surface area contributed by atoms with Crippen LogP contribution in [0.1, 0.15) is 24.8 Å². The van der Waals surface area contributed by atoms with Crippen molar-refractivity contribution in [2.24, 2.45) is 0 Å². The largest absolute Gasteiger partial charge is 0.508 e. The van der Waals surface area contributed by atoms with Gasteiger partial charge in [-0.1, -0.05) is 24.3 Å². The van der Waals surface area contributed by atoms with Gasteiger partial charge in [-0.05, 0) is 72.0 Å². The van der Waals surface area contributed by atoms with Crippen molar-refractivity contribution < 1.29 is 14.9 Å². The molecule has 0 aliphatic carbocycles. The summed E-state index contributed by atoms with van der Waals surface area (Å²) in [6.45, 7) is 3.40. The lowest BCUT2D eigenvalue weighted by Crippen LogP contribution is -2.43. The van der Waals surface area contributed by atoms with Crippen LogP contribution in [0.5, 0.6) is 11.5 Å². The van der Waals surface area contributed by atoms with Gasteiger partial charge in [0, 0.05) is 36.7 Å². The van der Waals surface area contributed by atoms with Crippen LogP contribution in [-0.2, 0) is 5.60 Å². The van der Waals surface area contributed by atoms with Crippen molar-refractivity contribution in [3.8, 4) is 11.5 Å². The van der Waals surface area contributed by atoms with Gasteiger partial charge in [0.05, 0.1) is 12.2 Å². The number of ether oxygens (including phenoxy) is 1. The van der Waals surface area contributed by atoms with Gasteiger partial charge in [-0.2, -0.15) is 0 Å². The number of H-pyrrole nitrogens is 1. The number of aromatic amines is 1. The van der Waals surface area contributed by atoms with E-state index in [9.17, 15) is 10.2 Å². The highest BCUT2D eigenvalue weighted by molar-refractivity contribution is 5.86. The smallest absolute Gasteiger partial charge is 0.128 e. The Bertz CT molecular complexity index is 1190. The molecule has 0 radical (unpaired) electrons. The molecule has 2 heterocycles. The van der Waals surface area contributed by atoms with Crippen LogP contribution in [0.25, 0.3) is 21.7 Å². The summed E-state index contributed by atoms with van der Waals surface area (Å²) in [6, 6.07) is 19.5. The van der Waals surface area contributed by atoms with E-state index < -0.39 is 5.60 Å². The minimum absolute atomic E-state index is 0.265. The Morgan fingerprint density at radius 2 is 1.77 bits per heavy atom. The molecule has 0 amide bonds. The van der Waals surface area contributed by atoms with Gasteiger partial charge in [-0.15, -0.1) is 0 Å². The van der Waals surface area contributed by atoms with Crippen molar-refractivity contribution in [2.45, 2.75) is 24.9 Å². The molecule has 5 nitrogen and oxygen atoms in total. The van der Waals surface area contributed by atoms with Gasteiger partial charge in [-0.25, -0.2) is 0 Å². The SMILES string of the molecule is Oc1ccc2cc(C3(O)CCN(CCCOc4cccc5[nH]ccc45)CC3)ccc2c1. The standard InChI is InChI=1S/C26H28N2O3/c29-22-8-6-19-17-21(7-5-20(19)18-22)26(30)10-14-28(15-11-26)13-2-16-31-25-4-1-3-24-23(25)9-12-27-24/h1,3-9,12,17-18,27,29-30H,2,10-11,13-16H2. The predicted octanol–water partition coefficient (Wildman–Crippen LogP) is 4.78. The third-order valence-corrected chi connectivity index (χ3v) is 6.48. The lowest BCUT2D eigenvalue weighted by molar-refractivity contribution is -0.0263. The van der Waals surface area contributed by atoms with E-state index in [2.05, 4.69) is 22.0 Å². The summed E-state index contributed by atoms with van der Waals surface area (Å²) in [4.78, 5) is 5.62. The highest BCUT2D eigenvalue weighted by Crippen LogP contribution is 2.35. The van der Waals surface area contributed by atoms with Crippen LogP contribution in [0.3, 0.4) is 0 Å². The molecule has 0 bridgehead atoms. The van der Waals surface area contributed by atoms with E-state index in [1.807, 2.05) is 42.6 Å². The van der Waals surface area contributed by atoms with Gasteiger partial charge in [0.15, 0.2) is 0 Å². The van der Waals surface area contributed by atoms with Crippen molar-refractivity contribution in [1.82, 2.24) is 9.88 Å². The van der Waals surface area contributed by atoms with Crippen molar-refractivity contribution in [3.63, 3.8) is 0 Å². The molecule has 3 N–H and O–H groups in total. The second-order valence-electron chi connectivity index (χ2n) is 8.52. The Labute approximate surface area is 181 Å². The molecule has 160 valence electrons. The highest BCUT2D eigenvalue weighted by atomic mass is 16.5. The van der Waals surface area contributed by atoms with Crippen LogP contribution >= 0.6 is 0 Å². The number of fused-ring (bicyclic) bond motifs is 2. The third kappa shape index (κ3) is 4.11. The summed E-state index contributed by atoms with van der Waals surface area (Å²) in [5.41, 5.74) is 1.27. The average molecular weight is 417 g/mol. The number of piperidine rings is 1. The number of likely N-dealkylation sites (tertiary alicyclic amines) is 1. The maximum atomic E-state index is 11.3. The van der Waals surface area contributed by atoms with E-state index in [0.29, 0.717) is 6.61 Å². The number of nitrogens with zero attached hydrogens (tertiary/aromatic N) is 1. The molecule has 1 fully saturated rings. The van der Waals surface area contributed by atoms with E-state index >= 15 is 0 Å². The van der Waals surface area contributed by atoms with Crippen molar-refractivity contribution >= 4 is 21.7 Å². The lowest BCUT2D eigenvalue weighted by Gasteiger charge is -2.38. The Morgan fingerprint density at radius 1 is 0.968 bits per heavy atom. The maximum absolute atomic E-state index is 11.3. The van der Waals surface area contributed by atoms with Gasteiger partial charge in [0.2, 0.25) is 0 Å². The monoisotopic (exact) mass is 416 g/mol. The number of benzene rings is 3. The quantitative estimate of drug-likeness (QED) is 0.396. The fraction of sp³-hybridized carbons (Fsp3) is 0.308. The van der Waals surface area contributed by atoms with Crippen LogP contribution < -0.4 is 4.74 Å². The van der Waals surface area contributed by atoms with Crippen LogP contribution in [0, 0.1) is 0 Å². The Kier molecular flexibility index (Phi) is 5.30. The Balaban J connectivity index is 1.14. The third-order valence-electron chi connectivity index (χ3n) is 6.48. The van der Waals surface area contributed by atoms with E-state index in [1.165, 1.54) is 0 Å². The minimum Gasteiger partial charge on any atom is -0.508 e. The van der Waals surface area contributed by atoms with Gasteiger partial charge in [0.1, 0.15) is 11.5 Å². The van der Waals surface area contributed by atoms with Gasteiger partial charge in [-0.3, -0.25) is 0 Å². The van der Waals surface area contributed by atoms with Gasteiger partial charge >= 0.3 is 0 Å². The van der Waals surface area contributed by atoms with Crippen LogP contribution in [0.2, 0.25) is 0 Å². The molecule has 5 rings (SSSR count). The molecule has 1 aliphatic rings. The number of nitrogens with one attached hydrogen (secondary N) is 1. The lowest BCUT2D eigenvalue weighted by atomic mass is 9.83. The molecule has 1 aliphatic heterocycles. The predicted molar refractivity (Wildman–Crippen MR) is 124 cm³/mol. The van der Waals surface area contributed by atoms with Crippen molar-refractivity contribution in [1.29, 1.82) is 0 Å². The molecule has 5 heteroatoms. The first-order valence-corrected chi connectivity index (χ1v) is 11.0. The fourth-order valence-electron chi connectivity index (χ4n) is 4.61. The zero-order valence-corrected chi connectivity index (χ0v) is 17.6. The molecule has 31 heavy (non-hydrogen) atoms. The number of aromatic hydroxyl groups is 1. The number of aromatic nitrogens is 1. The Hall–Kier alpha value is -3.02. The molecule has 1 aromatic heterocycles. The minimum atomic E-state index is -0.789. The number of phenolic OH excluding ortho intramolecular Hbond substituents is 1. The first-order chi connectivity index (χ1) is 15.1. The molecular weight excluding hydrogens is 388 g/mol. The summed E-state index contributed by atoms with van der Waals surface area (Å²) in [5, 5.41) is 24.1. The van der Waals surface area contributed by atoms with E-state index in [1.54, 1.807) is 12.1 Å². The molecule has 0 saturated carbocycles. The Morgan fingerprint density at radius 3 is 2.65 bits per heavy atom. The molecule has 4 aromatic rings. The molecular formula is C26H28N2O3. The van der Waals surface area contributed by atoms with E-state index in [-0.39, 0.29) is 5.75 Å². The molecule has 0 spiro atoms. The van der Waals surface area contributed by atoms with E-state index in [4.69, 9.17) is 4.74 Å². The number of hydrogen-bond acceptors (Lipinski definition) is 4. The second kappa shape index (κ2) is 8.25. The van der Waals surface area contributed by atoms with Crippen LogP contribution in [0.15, 0.2) is 66.9 Å². The van der Waals surface area contributed by atoms with E-state index in [0.717, 1.165) is 71.9 Å². The molecule has 3 aromatic carbocycles. The van der Waals surface area contributed by atoms with Gasteiger partial charge in [0.25, 0.3) is 0 Å². The number of aliphatic hydroxyl groups is 1. The zero-order valence-electron chi connectivity index (χ0n) is 17.6. The number of hydrogen-bond donors (Lipinski definition) is 3. The average Bonchev–Trinajstić information content (AvgIpc) is 3.27. The van der Waals surface area contributed by atoms with Crippen molar-refractivity contribution in [2.75, 3.05) is 26.2 Å². The summed E-state index contributed by atoms with van der Waals surface area (Å²) in [5.74, 6) is 1.19.